The van der Waals surface area contributed by atoms with Crippen molar-refractivity contribution in [2.24, 2.45) is 0 Å². The summed E-state index contributed by atoms with van der Waals surface area (Å²) in [6.45, 7) is 11.9. The number of hydrogen-bond acceptors (Lipinski definition) is 0. The van der Waals surface area contributed by atoms with Gasteiger partial charge in [0.2, 0.25) is 0 Å². The zero-order chi connectivity index (χ0) is 27.3. The van der Waals surface area contributed by atoms with Crippen LogP contribution in [0.25, 0.3) is 28.1 Å². The molecule has 0 radical (unpaired) electrons. The predicted molar refractivity (Wildman–Crippen MR) is 165 cm³/mol. The number of aromatic nitrogens is 1. The topological polar surface area (TPSA) is 4.93 Å². The summed E-state index contributed by atoms with van der Waals surface area (Å²) < 4.78 is 3.03. The monoisotopic (exact) mass is 672 g/mol. The third kappa shape index (κ3) is 5.49. The maximum Gasteiger partial charge on any atom is -1.00 e. The van der Waals surface area contributed by atoms with Crippen molar-refractivity contribution in [1.29, 1.82) is 0 Å². The van der Waals surface area contributed by atoms with Crippen LogP contribution in [-0.2, 0) is 31.1 Å². The van der Waals surface area contributed by atoms with E-state index in [2.05, 4.69) is 130 Å². The van der Waals surface area contributed by atoms with Gasteiger partial charge in [-0.1, -0.05) is 36.9 Å². The number of para-hydroxylation sites is 1. The molecule has 41 heavy (non-hydrogen) atoms. The zero-order valence-electron chi connectivity index (χ0n) is 24.6. The number of aryl methyl sites for hydroxylation is 1. The normalized spacial score (nSPS) is 18.7. The summed E-state index contributed by atoms with van der Waals surface area (Å²) in [6.07, 6.45) is 8.36. The van der Waals surface area contributed by atoms with Gasteiger partial charge in [-0.15, -0.1) is 0 Å². The number of rotatable bonds is 5. The molecule has 0 amide bonds. The van der Waals surface area contributed by atoms with Crippen molar-refractivity contribution in [2.45, 2.75) is 62.3 Å². The number of hydrogen-bond donors (Lipinski definition) is 0. The van der Waals surface area contributed by atoms with Crippen LogP contribution in [0.4, 0.5) is 0 Å². The molecule has 8 rings (SSSR count). The van der Waals surface area contributed by atoms with Gasteiger partial charge in [0.15, 0.2) is 0 Å². The molecule has 209 valence electrons. The second-order valence-corrected chi connectivity index (χ2v) is 17.9. The predicted octanol–water partition coefficient (Wildman–Crippen LogP) is 3.86. The minimum absolute atomic E-state index is 0. The summed E-state index contributed by atoms with van der Waals surface area (Å²) >= 11 is 1.59. The third-order valence-electron chi connectivity index (χ3n) is 9.06. The second-order valence-electron chi connectivity index (χ2n) is 12.0. The summed E-state index contributed by atoms with van der Waals surface area (Å²) in [5.41, 5.74) is 15.5. The quantitative estimate of drug-likeness (QED) is 0.284. The first kappa shape index (κ1) is 32.0. The Hall–Kier alpha value is -1.90. The molecule has 2 aliphatic heterocycles. The van der Waals surface area contributed by atoms with E-state index in [1.807, 2.05) is 0 Å². The molecule has 0 saturated carbocycles. The molecule has 0 N–H and O–H groups in total. The van der Waals surface area contributed by atoms with Crippen LogP contribution in [0.2, 0.25) is 13.1 Å². The number of allylic oxidation sites excluding steroid dienone is 2. The van der Waals surface area contributed by atoms with E-state index < -0.39 is 8.07 Å². The molecule has 3 heterocycles. The maximum absolute atomic E-state index is 2.51. The van der Waals surface area contributed by atoms with Crippen molar-refractivity contribution in [1.82, 2.24) is 4.57 Å². The van der Waals surface area contributed by atoms with Gasteiger partial charge >= 0.3 is 143 Å². The molecule has 0 saturated heterocycles. The van der Waals surface area contributed by atoms with Crippen LogP contribution in [0.5, 0.6) is 0 Å². The first-order chi connectivity index (χ1) is 18.8. The standard InChI is InChI=1S/C20H21.C16H17NSi.2ClH.Zr/c1-3-4-6-16-9-11-17(12-10-16)19-8-5-7-18-13-15(2)14-20(18)19;1-11-15-13-9-10-17(12-7-5-4-6-8-12)14(13)16(11)18(15,2)3;;;/h5,7-14H,3-4,6H2,1-2H3;4-10,15H,1-3H3;2*1H;/q;;;;+2/p-2. The van der Waals surface area contributed by atoms with E-state index in [-0.39, 0.29) is 24.8 Å². The first-order valence-electron chi connectivity index (χ1n) is 14.4. The average Bonchev–Trinajstić information content (AvgIpc) is 3.64. The summed E-state index contributed by atoms with van der Waals surface area (Å²) in [5.74, 6) is 0. The van der Waals surface area contributed by atoms with Crippen LogP contribution in [0.1, 0.15) is 70.7 Å². The molecule has 4 aromatic rings. The van der Waals surface area contributed by atoms with Gasteiger partial charge in [0, 0.05) is 23.1 Å². The number of nitrogens with zero attached hydrogens (tertiary/aromatic N) is 1. The van der Waals surface area contributed by atoms with Crippen molar-refractivity contribution >= 4 is 19.3 Å². The molecule has 0 fully saturated rings. The van der Waals surface area contributed by atoms with E-state index in [0.29, 0.717) is 3.63 Å². The number of unbranched alkanes of at least 4 members (excludes halogenated alkanes) is 1. The molecule has 0 spiro atoms. The molecule has 1 aromatic heterocycles. The van der Waals surface area contributed by atoms with Crippen LogP contribution in [0.3, 0.4) is 0 Å². The Morgan fingerprint density at radius 2 is 1.54 bits per heavy atom. The Balaban J connectivity index is 0.000000182. The minimum atomic E-state index is -1.17. The Morgan fingerprint density at radius 1 is 0.829 bits per heavy atom. The van der Waals surface area contributed by atoms with E-state index in [1.54, 1.807) is 41.1 Å². The molecule has 5 heteroatoms. The molecule has 1 nitrogen and oxygen atoms in total. The molecule has 2 aliphatic carbocycles. The van der Waals surface area contributed by atoms with E-state index in [4.69, 9.17) is 0 Å². The van der Waals surface area contributed by atoms with Crippen molar-refractivity contribution in [3.05, 3.63) is 124 Å². The van der Waals surface area contributed by atoms with Crippen LogP contribution in [0.15, 0.2) is 96.2 Å². The van der Waals surface area contributed by atoms with Gasteiger partial charge in [0.1, 0.15) is 0 Å². The number of halogens is 2. The van der Waals surface area contributed by atoms with Crippen LogP contribution in [0, 0.1) is 0 Å². The maximum atomic E-state index is 2.51. The Morgan fingerprint density at radius 3 is 2.20 bits per heavy atom. The van der Waals surface area contributed by atoms with Gasteiger partial charge in [-0.3, -0.25) is 0 Å². The van der Waals surface area contributed by atoms with E-state index in [9.17, 15) is 0 Å². The Bertz CT molecular complexity index is 1600. The molecule has 4 aliphatic rings. The smallest absolute Gasteiger partial charge is 1.00 e. The minimum Gasteiger partial charge on any atom is -1.00 e. The van der Waals surface area contributed by atoms with Crippen molar-refractivity contribution in [2.75, 3.05) is 0 Å². The molecule has 2 unspecified atom stereocenters. The van der Waals surface area contributed by atoms with Gasteiger partial charge in [-0.2, -0.15) is 0 Å². The van der Waals surface area contributed by atoms with Crippen LogP contribution >= 0.6 is 0 Å². The fourth-order valence-electron chi connectivity index (χ4n) is 7.16. The van der Waals surface area contributed by atoms with Gasteiger partial charge in [-0.25, -0.2) is 0 Å². The Kier molecular flexibility index (Phi) is 9.97. The van der Waals surface area contributed by atoms with E-state index in [0.717, 1.165) is 5.54 Å². The summed E-state index contributed by atoms with van der Waals surface area (Å²) in [6, 6.07) is 29.0. The fraction of sp³-hybridized carbons (Fsp3) is 0.278. The zero-order valence-corrected chi connectivity index (χ0v) is 29.6. The number of benzene rings is 3. The molecule has 2 atom stereocenters. The third-order valence-corrected chi connectivity index (χ3v) is 15.0. The molecular formula is C36H38Cl2NSiZr. The largest absolute Gasteiger partial charge is 1.00 e. The number of fused-ring (bicyclic) bond motifs is 1. The average molecular weight is 675 g/mol. The molecule has 2 bridgehead atoms. The van der Waals surface area contributed by atoms with Crippen molar-refractivity contribution in [3.8, 4) is 16.8 Å². The van der Waals surface area contributed by atoms with Crippen LogP contribution < -0.4 is 24.8 Å². The fourth-order valence-corrected chi connectivity index (χ4v) is 12.3. The van der Waals surface area contributed by atoms with E-state index in [1.165, 1.54) is 64.0 Å². The summed E-state index contributed by atoms with van der Waals surface area (Å²) in [5, 5.41) is 1.70. The SMILES string of the molecule is CC1=C2c3c(ccn3-c3ccccc3)C1[Si]2(C)C.CCCCc1ccc(-c2cccc3c2C=C(C)[CH]3[Zr+2])cc1.[Cl-].[Cl-]. The summed E-state index contributed by atoms with van der Waals surface area (Å²) in [4.78, 5) is 0. The first-order valence-corrected chi connectivity index (χ1v) is 18.9. The van der Waals surface area contributed by atoms with Gasteiger partial charge in [0.25, 0.3) is 0 Å². The second kappa shape index (κ2) is 12.8. The molecular weight excluding hydrogens is 637 g/mol. The van der Waals surface area contributed by atoms with Gasteiger partial charge < -0.3 is 29.4 Å². The molecule has 3 aromatic carbocycles. The van der Waals surface area contributed by atoms with Crippen molar-refractivity contribution < 1.29 is 49.5 Å². The van der Waals surface area contributed by atoms with Gasteiger partial charge in [0.05, 0.1) is 8.07 Å². The van der Waals surface area contributed by atoms with Crippen molar-refractivity contribution in [3.63, 3.8) is 0 Å². The van der Waals surface area contributed by atoms with Crippen LogP contribution in [-0.4, -0.2) is 12.6 Å². The Labute approximate surface area is 274 Å². The summed E-state index contributed by atoms with van der Waals surface area (Å²) in [7, 11) is -1.17. The van der Waals surface area contributed by atoms with E-state index >= 15 is 0 Å². The van der Waals surface area contributed by atoms with Gasteiger partial charge in [-0.05, 0) is 35.9 Å².